The molecule has 0 bridgehead atoms. The van der Waals surface area contributed by atoms with Crippen LogP contribution in [0.25, 0.3) is 0 Å². The summed E-state index contributed by atoms with van der Waals surface area (Å²) in [6.45, 7) is 6.08. The Hall–Kier alpha value is -2.33. The predicted octanol–water partition coefficient (Wildman–Crippen LogP) is 3.57. The largest absolute Gasteiger partial charge is 0.496 e. The van der Waals surface area contributed by atoms with Gasteiger partial charge in [-0.3, -0.25) is 14.7 Å². The number of methoxy groups -OCH3 is 1. The molecule has 2 aromatic rings. The Labute approximate surface area is 214 Å². The summed E-state index contributed by atoms with van der Waals surface area (Å²) in [5.41, 5.74) is 2.95. The van der Waals surface area contributed by atoms with Crippen LogP contribution < -0.4 is 20.7 Å². The zero-order chi connectivity index (χ0) is 22.8. The number of ether oxygens (including phenoxy) is 1. The average molecular weight is 566 g/mol. The molecule has 1 aliphatic heterocycles. The predicted molar refractivity (Wildman–Crippen MR) is 145 cm³/mol. The zero-order valence-electron chi connectivity index (χ0n) is 19.8. The molecular formula is C25H36IN5O2. The Kier molecular flexibility index (Phi) is 11.5. The van der Waals surface area contributed by atoms with Crippen molar-refractivity contribution in [3.05, 3.63) is 65.2 Å². The summed E-state index contributed by atoms with van der Waals surface area (Å²) in [5.74, 6) is 1.62. The van der Waals surface area contributed by atoms with Gasteiger partial charge in [-0.1, -0.05) is 30.3 Å². The van der Waals surface area contributed by atoms with Crippen LogP contribution in [0.4, 0.5) is 0 Å². The minimum absolute atomic E-state index is 0. The molecule has 3 N–H and O–H groups in total. The Morgan fingerprint density at radius 3 is 2.39 bits per heavy atom. The highest BCUT2D eigenvalue weighted by molar-refractivity contribution is 14.0. The maximum atomic E-state index is 11.9. The van der Waals surface area contributed by atoms with Gasteiger partial charge in [0.05, 0.1) is 13.2 Å². The standard InChI is InChI=1S/C25H35N5O2.HI/c1-4-27-24(31)20-13-11-19(12-14-20)17-28-25(26-2)29-18-22(30-15-7-8-16-30)21-9-5-6-10-23(21)32-3;/h5-6,9-14,22H,4,7-8,15-18H2,1-3H3,(H,27,31)(H2,26,28,29);1H. The first-order valence-corrected chi connectivity index (χ1v) is 11.3. The highest BCUT2D eigenvalue weighted by Crippen LogP contribution is 2.31. The molecule has 1 unspecified atom stereocenters. The van der Waals surface area contributed by atoms with E-state index in [0.29, 0.717) is 18.7 Å². The number of rotatable bonds is 9. The maximum Gasteiger partial charge on any atom is 0.251 e. The van der Waals surface area contributed by atoms with Crippen molar-refractivity contribution in [2.75, 3.05) is 40.3 Å². The minimum atomic E-state index is -0.0474. The van der Waals surface area contributed by atoms with Crippen molar-refractivity contribution < 1.29 is 9.53 Å². The van der Waals surface area contributed by atoms with E-state index < -0.39 is 0 Å². The van der Waals surface area contributed by atoms with Crippen LogP contribution in [0.2, 0.25) is 0 Å². The number of carbonyl (C=O) groups excluding carboxylic acids is 1. The van der Waals surface area contributed by atoms with E-state index in [1.54, 1.807) is 14.2 Å². The molecule has 0 saturated carbocycles. The van der Waals surface area contributed by atoms with Crippen LogP contribution in [0.15, 0.2) is 53.5 Å². The van der Waals surface area contributed by atoms with Gasteiger partial charge in [0.1, 0.15) is 5.75 Å². The SMILES string of the molecule is CCNC(=O)c1ccc(CNC(=NC)NCC(c2ccccc2OC)N2CCCC2)cc1.I. The van der Waals surface area contributed by atoms with Crippen LogP contribution in [-0.4, -0.2) is 57.1 Å². The van der Waals surface area contributed by atoms with E-state index in [4.69, 9.17) is 4.74 Å². The van der Waals surface area contributed by atoms with Gasteiger partial charge >= 0.3 is 0 Å². The molecule has 1 saturated heterocycles. The van der Waals surface area contributed by atoms with Crippen molar-refractivity contribution >= 4 is 35.8 Å². The van der Waals surface area contributed by atoms with E-state index in [2.05, 4.69) is 38.0 Å². The molecule has 180 valence electrons. The summed E-state index contributed by atoms with van der Waals surface area (Å²) >= 11 is 0. The number of amides is 1. The molecule has 1 atom stereocenters. The van der Waals surface area contributed by atoms with E-state index in [0.717, 1.165) is 36.9 Å². The quantitative estimate of drug-likeness (QED) is 0.246. The molecule has 0 aliphatic carbocycles. The maximum absolute atomic E-state index is 11.9. The lowest BCUT2D eigenvalue weighted by molar-refractivity contribution is 0.0956. The number of likely N-dealkylation sites (tertiary alicyclic amines) is 1. The van der Waals surface area contributed by atoms with Gasteiger partial charge in [0.25, 0.3) is 5.91 Å². The van der Waals surface area contributed by atoms with E-state index in [1.807, 2.05) is 43.3 Å². The highest BCUT2D eigenvalue weighted by atomic mass is 127. The van der Waals surface area contributed by atoms with Gasteiger partial charge in [0.2, 0.25) is 0 Å². The highest BCUT2D eigenvalue weighted by Gasteiger charge is 2.26. The number of benzene rings is 2. The summed E-state index contributed by atoms with van der Waals surface area (Å²) in [6, 6.07) is 16.1. The normalized spacial score (nSPS) is 14.8. The van der Waals surface area contributed by atoms with Crippen LogP contribution in [-0.2, 0) is 6.54 Å². The molecule has 1 aliphatic rings. The van der Waals surface area contributed by atoms with Gasteiger partial charge in [-0.2, -0.15) is 0 Å². The first-order valence-electron chi connectivity index (χ1n) is 11.3. The Bertz CT molecular complexity index is 898. The number of para-hydroxylation sites is 1. The fourth-order valence-corrected chi connectivity index (χ4v) is 4.07. The molecule has 8 heteroatoms. The van der Waals surface area contributed by atoms with E-state index in [9.17, 15) is 4.79 Å². The van der Waals surface area contributed by atoms with E-state index in [-0.39, 0.29) is 35.9 Å². The summed E-state index contributed by atoms with van der Waals surface area (Å²) < 4.78 is 5.64. The molecule has 7 nitrogen and oxygen atoms in total. The minimum Gasteiger partial charge on any atom is -0.496 e. The zero-order valence-corrected chi connectivity index (χ0v) is 22.1. The van der Waals surface area contributed by atoms with E-state index in [1.165, 1.54) is 18.4 Å². The number of hydrogen-bond donors (Lipinski definition) is 3. The number of nitrogens with zero attached hydrogens (tertiary/aromatic N) is 2. The van der Waals surface area contributed by atoms with Gasteiger partial charge in [-0.15, -0.1) is 24.0 Å². The Balaban J connectivity index is 0.00000385. The topological polar surface area (TPSA) is 78.0 Å². The molecule has 1 fully saturated rings. The van der Waals surface area contributed by atoms with Gasteiger partial charge in [-0.25, -0.2) is 0 Å². The number of aliphatic imine (C=N–C) groups is 1. The second kappa shape index (κ2) is 14.0. The first kappa shape index (κ1) is 26.9. The van der Waals surface area contributed by atoms with Gasteiger partial charge in [-0.05, 0) is 56.6 Å². The molecule has 2 aromatic carbocycles. The molecule has 0 radical (unpaired) electrons. The van der Waals surface area contributed by atoms with Crippen molar-refractivity contribution in [3.63, 3.8) is 0 Å². The summed E-state index contributed by atoms with van der Waals surface area (Å²) in [7, 11) is 3.51. The van der Waals surface area contributed by atoms with E-state index >= 15 is 0 Å². The lowest BCUT2D eigenvalue weighted by atomic mass is 10.0. The summed E-state index contributed by atoms with van der Waals surface area (Å²) in [4.78, 5) is 18.8. The van der Waals surface area contributed by atoms with Crippen LogP contribution in [0, 0.1) is 0 Å². The number of hydrogen-bond acceptors (Lipinski definition) is 4. The molecule has 3 rings (SSSR count). The van der Waals surface area contributed by atoms with Crippen molar-refractivity contribution in [2.24, 2.45) is 4.99 Å². The molecule has 1 amide bonds. The summed E-state index contributed by atoms with van der Waals surface area (Å²) in [6.07, 6.45) is 2.45. The third-order valence-corrected chi connectivity index (χ3v) is 5.78. The number of nitrogens with one attached hydrogen (secondary N) is 3. The number of halogens is 1. The lowest BCUT2D eigenvalue weighted by Gasteiger charge is -2.30. The van der Waals surface area contributed by atoms with Crippen molar-refractivity contribution in [2.45, 2.75) is 32.4 Å². The van der Waals surface area contributed by atoms with Crippen LogP contribution in [0.1, 0.15) is 47.3 Å². The molecule has 1 heterocycles. The summed E-state index contributed by atoms with van der Waals surface area (Å²) in [5, 5.41) is 9.68. The van der Waals surface area contributed by atoms with Crippen LogP contribution >= 0.6 is 24.0 Å². The Morgan fingerprint density at radius 1 is 1.06 bits per heavy atom. The molecular weight excluding hydrogens is 529 g/mol. The van der Waals surface area contributed by atoms with Gasteiger partial charge in [0, 0.05) is 37.8 Å². The molecule has 33 heavy (non-hydrogen) atoms. The number of guanidine groups is 1. The van der Waals surface area contributed by atoms with Gasteiger partial charge < -0.3 is 20.7 Å². The van der Waals surface area contributed by atoms with Crippen molar-refractivity contribution in [3.8, 4) is 5.75 Å². The monoisotopic (exact) mass is 565 g/mol. The lowest BCUT2D eigenvalue weighted by Crippen LogP contribution is -2.42. The fraction of sp³-hybridized carbons (Fsp3) is 0.440. The average Bonchev–Trinajstić information content (AvgIpc) is 3.36. The smallest absolute Gasteiger partial charge is 0.251 e. The van der Waals surface area contributed by atoms with Crippen molar-refractivity contribution in [1.29, 1.82) is 0 Å². The Morgan fingerprint density at radius 2 is 1.76 bits per heavy atom. The second-order valence-corrected chi connectivity index (χ2v) is 7.86. The van der Waals surface area contributed by atoms with Crippen LogP contribution in [0.5, 0.6) is 5.75 Å². The van der Waals surface area contributed by atoms with Gasteiger partial charge in [0.15, 0.2) is 5.96 Å². The molecule has 0 spiro atoms. The first-order chi connectivity index (χ1) is 15.7. The second-order valence-electron chi connectivity index (χ2n) is 7.86. The number of carbonyl (C=O) groups is 1. The third-order valence-electron chi connectivity index (χ3n) is 5.78. The fourth-order valence-electron chi connectivity index (χ4n) is 4.07. The van der Waals surface area contributed by atoms with Crippen molar-refractivity contribution in [1.82, 2.24) is 20.9 Å². The van der Waals surface area contributed by atoms with Crippen LogP contribution in [0.3, 0.4) is 0 Å². The molecule has 0 aromatic heterocycles. The third kappa shape index (κ3) is 7.60.